The summed E-state index contributed by atoms with van der Waals surface area (Å²) in [6.45, 7) is 0.853. The molecule has 0 saturated carbocycles. The third kappa shape index (κ3) is 2.62. The molecule has 0 aliphatic carbocycles. The van der Waals surface area contributed by atoms with Crippen LogP contribution >= 0.6 is 28.1 Å². The van der Waals surface area contributed by atoms with Crippen molar-refractivity contribution >= 4 is 39.2 Å². The van der Waals surface area contributed by atoms with Gasteiger partial charge in [0.15, 0.2) is 4.77 Å². The fourth-order valence-electron chi connectivity index (χ4n) is 2.14. The average Bonchev–Trinajstić information content (AvgIpc) is 2.72. The highest BCUT2D eigenvalue weighted by Crippen LogP contribution is 2.19. The van der Waals surface area contributed by atoms with Gasteiger partial charge >= 0.3 is 0 Å². The summed E-state index contributed by atoms with van der Waals surface area (Å²) in [4.78, 5) is 7.37. The number of benzene rings is 1. The van der Waals surface area contributed by atoms with E-state index >= 15 is 0 Å². The van der Waals surface area contributed by atoms with E-state index in [1.165, 1.54) is 5.56 Å². The molecule has 2 aromatic heterocycles. The van der Waals surface area contributed by atoms with E-state index < -0.39 is 0 Å². The first-order valence-corrected chi connectivity index (χ1v) is 7.21. The fourth-order valence-corrected chi connectivity index (χ4v) is 2.81. The molecule has 96 valence electrons. The summed E-state index contributed by atoms with van der Waals surface area (Å²) in [7, 11) is 0. The summed E-state index contributed by atoms with van der Waals surface area (Å²) < 4.78 is 3.94. The Labute approximate surface area is 124 Å². The molecule has 1 N–H and O–H groups in total. The number of hydrogen-bond acceptors (Lipinski definition) is 2. The number of nitrogens with zero attached hydrogens (tertiary/aromatic N) is 2. The molecule has 3 aromatic rings. The second-order valence-corrected chi connectivity index (χ2v) is 5.66. The van der Waals surface area contributed by atoms with E-state index in [0.717, 1.165) is 33.2 Å². The van der Waals surface area contributed by atoms with E-state index in [0.29, 0.717) is 0 Å². The van der Waals surface area contributed by atoms with Crippen LogP contribution in [0.5, 0.6) is 0 Å². The van der Waals surface area contributed by atoms with Crippen LogP contribution in [0.15, 0.2) is 47.2 Å². The molecule has 0 bridgehead atoms. The summed E-state index contributed by atoms with van der Waals surface area (Å²) in [5, 5.41) is 0. The SMILES string of the molecule is S=c1[nH]c2cc(Br)ccc2n1CCc1cccnc1. The lowest BCUT2D eigenvalue weighted by atomic mass is 10.2. The van der Waals surface area contributed by atoms with Crippen LogP contribution in [-0.4, -0.2) is 14.5 Å². The molecule has 3 rings (SSSR count). The van der Waals surface area contributed by atoms with Crippen LogP contribution < -0.4 is 0 Å². The Balaban J connectivity index is 1.93. The molecule has 1 aromatic carbocycles. The highest BCUT2D eigenvalue weighted by atomic mass is 79.9. The zero-order valence-corrected chi connectivity index (χ0v) is 12.5. The number of nitrogens with one attached hydrogen (secondary N) is 1. The van der Waals surface area contributed by atoms with Crippen molar-refractivity contribution in [2.24, 2.45) is 0 Å². The van der Waals surface area contributed by atoms with Crippen LogP contribution in [-0.2, 0) is 13.0 Å². The van der Waals surface area contributed by atoms with Gasteiger partial charge in [-0.3, -0.25) is 4.98 Å². The van der Waals surface area contributed by atoms with Gasteiger partial charge in [-0.1, -0.05) is 22.0 Å². The Kier molecular flexibility index (Phi) is 3.48. The third-order valence-corrected chi connectivity index (χ3v) is 3.90. The molecular formula is C14H12BrN3S. The average molecular weight is 334 g/mol. The molecule has 0 radical (unpaired) electrons. The largest absolute Gasteiger partial charge is 0.331 e. The van der Waals surface area contributed by atoms with E-state index in [1.807, 2.05) is 24.4 Å². The minimum atomic E-state index is 0.761. The monoisotopic (exact) mass is 333 g/mol. The highest BCUT2D eigenvalue weighted by Gasteiger charge is 2.04. The maximum atomic E-state index is 5.39. The van der Waals surface area contributed by atoms with Crippen molar-refractivity contribution in [3.05, 3.63) is 57.5 Å². The summed E-state index contributed by atoms with van der Waals surface area (Å²) in [5.41, 5.74) is 3.42. The second kappa shape index (κ2) is 5.27. The second-order valence-electron chi connectivity index (χ2n) is 4.35. The smallest absolute Gasteiger partial charge is 0.178 e. The number of aromatic amines is 1. The zero-order valence-electron chi connectivity index (χ0n) is 10.1. The normalized spacial score (nSPS) is 11.0. The Hall–Kier alpha value is -1.46. The summed E-state index contributed by atoms with van der Waals surface area (Å²) in [5.74, 6) is 0. The maximum absolute atomic E-state index is 5.39. The van der Waals surface area contributed by atoms with Crippen molar-refractivity contribution in [3.63, 3.8) is 0 Å². The minimum Gasteiger partial charge on any atom is -0.331 e. The van der Waals surface area contributed by atoms with Crippen LogP contribution in [0.2, 0.25) is 0 Å². The minimum absolute atomic E-state index is 0.761. The molecular weight excluding hydrogens is 322 g/mol. The van der Waals surface area contributed by atoms with Crippen molar-refractivity contribution in [2.45, 2.75) is 13.0 Å². The number of imidazole rings is 1. The van der Waals surface area contributed by atoms with Crippen molar-refractivity contribution in [1.82, 2.24) is 14.5 Å². The van der Waals surface area contributed by atoms with E-state index in [1.54, 1.807) is 6.20 Å². The Bertz CT molecular complexity index is 761. The van der Waals surface area contributed by atoms with E-state index in [4.69, 9.17) is 12.2 Å². The third-order valence-electron chi connectivity index (χ3n) is 3.08. The lowest BCUT2D eigenvalue weighted by Gasteiger charge is -2.04. The highest BCUT2D eigenvalue weighted by molar-refractivity contribution is 9.10. The van der Waals surface area contributed by atoms with Crippen LogP contribution in [0.25, 0.3) is 11.0 Å². The molecule has 0 spiro atoms. The number of rotatable bonds is 3. The molecule has 0 unspecified atom stereocenters. The number of hydrogen-bond donors (Lipinski definition) is 1. The van der Waals surface area contributed by atoms with Crippen molar-refractivity contribution in [3.8, 4) is 0 Å². The van der Waals surface area contributed by atoms with Crippen LogP contribution in [0.3, 0.4) is 0 Å². The van der Waals surface area contributed by atoms with E-state index in [9.17, 15) is 0 Å². The Morgan fingerprint density at radius 2 is 2.21 bits per heavy atom. The van der Waals surface area contributed by atoms with Gasteiger partial charge in [0.1, 0.15) is 0 Å². The van der Waals surface area contributed by atoms with Gasteiger partial charge in [0, 0.05) is 23.4 Å². The molecule has 0 aliphatic rings. The topological polar surface area (TPSA) is 33.6 Å². The first-order chi connectivity index (χ1) is 9.24. The molecule has 3 nitrogen and oxygen atoms in total. The molecule has 2 heterocycles. The van der Waals surface area contributed by atoms with E-state index in [-0.39, 0.29) is 0 Å². The standard InChI is InChI=1S/C14H12BrN3S/c15-11-3-4-13-12(8-11)17-14(19)18(13)7-5-10-2-1-6-16-9-10/h1-4,6,8-9H,5,7H2,(H,17,19). The van der Waals surface area contributed by atoms with Crippen LogP contribution in [0.4, 0.5) is 0 Å². The predicted octanol–water partition coefficient (Wildman–Crippen LogP) is 4.10. The number of pyridine rings is 1. The molecule has 19 heavy (non-hydrogen) atoms. The Morgan fingerprint density at radius 1 is 1.32 bits per heavy atom. The fraction of sp³-hybridized carbons (Fsp3) is 0.143. The molecule has 0 amide bonds. The Morgan fingerprint density at radius 3 is 3.00 bits per heavy atom. The summed E-state index contributed by atoms with van der Waals surface area (Å²) in [6, 6.07) is 10.2. The van der Waals surface area contributed by atoms with Crippen molar-refractivity contribution in [2.75, 3.05) is 0 Å². The van der Waals surface area contributed by atoms with Gasteiger partial charge in [-0.2, -0.15) is 0 Å². The number of aromatic nitrogens is 3. The first-order valence-electron chi connectivity index (χ1n) is 6.01. The van der Waals surface area contributed by atoms with Gasteiger partial charge in [0.25, 0.3) is 0 Å². The lowest BCUT2D eigenvalue weighted by molar-refractivity contribution is 0.705. The number of H-pyrrole nitrogens is 1. The van der Waals surface area contributed by atoms with Crippen LogP contribution in [0.1, 0.15) is 5.56 Å². The van der Waals surface area contributed by atoms with Gasteiger partial charge in [0.05, 0.1) is 11.0 Å². The number of fused-ring (bicyclic) bond motifs is 1. The van der Waals surface area contributed by atoms with Crippen molar-refractivity contribution in [1.29, 1.82) is 0 Å². The van der Waals surface area contributed by atoms with Gasteiger partial charge in [-0.25, -0.2) is 0 Å². The first kappa shape index (κ1) is 12.6. The van der Waals surface area contributed by atoms with Crippen molar-refractivity contribution < 1.29 is 0 Å². The van der Waals surface area contributed by atoms with Crippen LogP contribution in [0, 0.1) is 4.77 Å². The molecule has 0 fully saturated rings. The molecule has 0 aliphatic heterocycles. The zero-order chi connectivity index (χ0) is 13.2. The van der Waals surface area contributed by atoms with Gasteiger partial charge in [0.2, 0.25) is 0 Å². The molecule has 0 saturated heterocycles. The lowest BCUT2D eigenvalue weighted by Crippen LogP contribution is -2.01. The molecule has 5 heteroatoms. The van der Waals surface area contributed by atoms with Gasteiger partial charge in [-0.05, 0) is 48.5 Å². The van der Waals surface area contributed by atoms with Gasteiger partial charge < -0.3 is 9.55 Å². The number of aryl methyl sites for hydroxylation is 2. The summed E-state index contributed by atoms with van der Waals surface area (Å²) in [6.07, 6.45) is 4.61. The summed E-state index contributed by atoms with van der Waals surface area (Å²) >= 11 is 8.86. The maximum Gasteiger partial charge on any atom is 0.178 e. The quantitative estimate of drug-likeness (QED) is 0.732. The van der Waals surface area contributed by atoms with E-state index in [2.05, 4.69) is 42.6 Å². The molecule has 0 atom stereocenters. The van der Waals surface area contributed by atoms with Gasteiger partial charge in [-0.15, -0.1) is 0 Å². The number of halogens is 1. The predicted molar refractivity (Wildman–Crippen MR) is 82.8 cm³/mol.